The van der Waals surface area contributed by atoms with Crippen LogP contribution in [-0.2, 0) is 21.9 Å². The number of aliphatic hydroxyl groups excluding tert-OH is 1. The summed E-state index contributed by atoms with van der Waals surface area (Å²) < 4.78 is 18.2. The monoisotopic (exact) mass is 747 g/mol. The topological polar surface area (TPSA) is 111 Å². The molecule has 0 spiro atoms. The fourth-order valence-electron chi connectivity index (χ4n) is 5.33. The number of hydrogen-bond acceptors (Lipinski definition) is 10. The Bertz CT molecular complexity index is 2040. The molecule has 0 bridgehead atoms. The van der Waals surface area contributed by atoms with Crippen LogP contribution in [0.4, 0.5) is 5.13 Å². The van der Waals surface area contributed by atoms with Gasteiger partial charge in [-0.15, -0.1) is 10.2 Å². The summed E-state index contributed by atoms with van der Waals surface area (Å²) >= 11 is 15.0. The quantitative estimate of drug-likeness (QED) is 0.0414. The standard InChI is InChI=1S/C37H31Cl2N3O6S2/c1-3-46-27-15-11-23(12-16-27)33(43)31-32(24-13-17-29(30(18-24)47-4-2)48-20-22-8-6-5-7-9-22)42(35(45)34(31)44)36-40-41-37(50-36)49-21-25-10-14-26(38)19-28(25)39/h5-19,32,43H,3-4,20-21H2,1-2H3/b33-31+. The summed E-state index contributed by atoms with van der Waals surface area (Å²) in [5.74, 6) is -0.0592. The average Bonchev–Trinajstić information content (AvgIpc) is 3.69. The summed E-state index contributed by atoms with van der Waals surface area (Å²) in [7, 11) is 0. The van der Waals surface area contributed by atoms with E-state index in [9.17, 15) is 14.7 Å². The van der Waals surface area contributed by atoms with Gasteiger partial charge in [-0.05, 0) is 79.1 Å². The summed E-state index contributed by atoms with van der Waals surface area (Å²) in [4.78, 5) is 28.9. The molecule has 1 amide bonds. The Morgan fingerprint density at radius 2 is 1.64 bits per heavy atom. The lowest BCUT2D eigenvalue weighted by molar-refractivity contribution is -0.132. The van der Waals surface area contributed by atoms with Crippen LogP contribution >= 0.6 is 46.3 Å². The van der Waals surface area contributed by atoms with Gasteiger partial charge >= 0.3 is 5.91 Å². The number of aliphatic hydroxyl groups is 1. The van der Waals surface area contributed by atoms with E-state index in [1.54, 1.807) is 54.6 Å². The molecule has 1 atom stereocenters. The van der Waals surface area contributed by atoms with Crippen molar-refractivity contribution in [1.82, 2.24) is 10.2 Å². The van der Waals surface area contributed by atoms with Gasteiger partial charge in [0.15, 0.2) is 15.8 Å². The van der Waals surface area contributed by atoms with Crippen LogP contribution in [0.2, 0.25) is 10.0 Å². The van der Waals surface area contributed by atoms with E-state index in [0.717, 1.165) is 22.5 Å². The van der Waals surface area contributed by atoms with Crippen molar-refractivity contribution in [1.29, 1.82) is 0 Å². The highest BCUT2D eigenvalue weighted by molar-refractivity contribution is 8.00. The number of carbonyl (C=O) groups excluding carboxylic acids is 2. The third-order valence-electron chi connectivity index (χ3n) is 7.67. The van der Waals surface area contributed by atoms with E-state index in [2.05, 4.69) is 10.2 Å². The van der Waals surface area contributed by atoms with E-state index in [-0.39, 0.29) is 16.5 Å². The second-order valence-electron chi connectivity index (χ2n) is 10.9. The van der Waals surface area contributed by atoms with E-state index >= 15 is 0 Å². The van der Waals surface area contributed by atoms with Crippen LogP contribution in [0.3, 0.4) is 0 Å². The van der Waals surface area contributed by atoms with Gasteiger partial charge in [0.05, 0.1) is 24.8 Å². The molecule has 50 heavy (non-hydrogen) atoms. The minimum atomic E-state index is -1.06. The van der Waals surface area contributed by atoms with Gasteiger partial charge < -0.3 is 19.3 Å². The maximum atomic E-state index is 13.8. The fourth-order valence-corrected chi connectivity index (χ4v) is 7.76. The molecule has 256 valence electrons. The maximum absolute atomic E-state index is 13.8. The van der Waals surface area contributed by atoms with Crippen molar-refractivity contribution >= 4 is 68.9 Å². The Kier molecular flexibility index (Phi) is 11.3. The molecule has 1 aromatic heterocycles. The molecule has 1 saturated heterocycles. The molecule has 0 aliphatic carbocycles. The number of aromatic nitrogens is 2. The van der Waals surface area contributed by atoms with E-state index < -0.39 is 17.7 Å². The Labute approximate surface area is 307 Å². The molecule has 0 radical (unpaired) electrons. The first-order valence-electron chi connectivity index (χ1n) is 15.6. The molecule has 4 aromatic carbocycles. The van der Waals surface area contributed by atoms with Crippen molar-refractivity contribution in [3.63, 3.8) is 0 Å². The van der Waals surface area contributed by atoms with Gasteiger partial charge in [0.2, 0.25) is 5.13 Å². The normalized spacial score (nSPS) is 15.4. The van der Waals surface area contributed by atoms with E-state index in [0.29, 0.717) is 68.3 Å². The van der Waals surface area contributed by atoms with E-state index in [4.69, 9.17) is 37.4 Å². The first kappa shape index (κ1) is 35.3. The second-order valence-corrected chi connectivity index (χ2v) is 13.9. The number of nitrogens with zero attached hydrogens (tertiary/aromatic N) is 3. The maximum Gasteiger partial charge on any atom is 0.301 e. The van der Waals surface area contributed by atoms with Crippen LogP contribution in [-0.4, -0.2) is 40.2 Å². The zero-order valence-corrected chi connectivity index (χ0v) is 30.1. The summed E-state index contributed by atoms with van der Waals surface area (Å²) in [6.45, 7) is 4.84. The number of anilines is 1. The summed E-state index contributed by atoms with van der Waals surface area (Å²) in [5.41, 5.74) is 2.58. The predicted octanol–water partition coefficient (Wildman–Crippen LogP) is 9.14. The van der Waals surface area contributed by atoms with Gasteiger partial charge in [0, 0.05) is 21.4 Å². The molecule has 1 aliphatic rings. The molecule has 1 N–H and O–H groups in total. The molecule has 1 fully saturated rings. The number of benzene rings is 4. The highest BCUT2D eigenvalue weighted by Gasteiger charge is 2.48. The number of carbonyl (C=O) groups is 2. The molecule has 0 saturated carbocycles. The Hall–Kier alpha value is -4.55. The number of thioether (sulfide) groups is 1. The van der Waals surface area contributed by atoms with Crippen molar-refractivity contribution in [2.45, 2.75) is 36.6 Å². The molecule has 1 unspecified atom stereocenters. The Morgan fingerprint density at radius 3 is 2.36 bits per heavy atom. The molecule has 2 heterocycles. The zero-order chi connectivity index (χ0) is 35.2. The molecule has 1 aliphatic heterocycles. The third-order valence-corrected chi connectivity index (χ3v) is 10.4. The van der Waals surface area contributed by atoms with Crippen LogP contribution in [0.15, 0.2) is 101 Å². The largest absolute Gasteiger partial charge is 0.507 e. The predicted molar refractivity (Wildman–Crippen MR) is 197 cm³/mol. The summed E-state index contributed by atoms with van der Waals surface area (Å²) in [6, 6.07) is 25.8. The van der Waals surface area contributed by atoms with Crippen molar-refractivity contribution < 1.29 is 28.9 Å². The molecule has 9 nitrogen and oxygen atoms in total. The number of halogens is 2. The number of ketones is 1. The van der Waals surface area contributed by atoms with Crippen LogP contribution in [0.25, 0.3) is 5.76 Å². The summed E-state index contributed by atoms with van der Waals surface area (Å²) in [6.07, 6.45) is 0. The molecular weight excluding hydrogens is 717 g/mol. The minimum absolute atomic E-state index is 0.100. The molecular formula is C37H31Cl2N3O6S2. The molecule has 6 rings (SSSR count). The third kappa shape index (κ3) is 7.76. The van der Waals surface area contributed by atoms with Crippen LogP contribution in [0, 0.1) is 0 Å². The smallest absolute Gasteiger partial charge is 0.301 e. The molecule has 5 aromatic rings. The lowest BCUT2D eigenvalue weighted by Gasteiger charge is -2.23. The first-order valence-corrected chi connectivity index (χ1v) is 18.2. The van der Waals surface area contributed by atoms with Gasteiger partial charge in [-0.25, -0.2) is 0 Å². The molecule has 13 heteroatoms. The van der Waals surface area contributed by atoms with Gasteiger partial charge in [-0.3, -0.25) is 14.5 Å². The van der Waals surface area contributed by atoms with Crippen LogP contribution < -0.4 is 19.1 Å². The second kappa shape index (κ2) is 16.0. The zero-order valence-electron chi connectivity index (χ0n) is 27.0. The lowest BCUT2D eigenvalue weighted by atomic mass is 9.95. The summed E-state index contributed by atoms with van der Waals surface area (Å²) in [5, 5.41) is 21.5. The van der Waals surface area contributed by atoms with Crippen molar-refractivity contribution in [2.24, 2.45) is 0 Å². The number of rotatable bonds is 13. The van der Waals surface area contributed by atoms with Gasteiger partial charge in [-0.1, -0.05) is 88.8 Å². The van der Waals surface area contributed by atoms with Crippen molar-refractivity contribution in [3.05, 3.63) is 129 Å². The number of ether oxygens (including phenoxy) is 3. The van der Waals surface area contributed by atoms with E-state index in [1.165, 1.54) is 16.7 Å². The lowest BCUT2D eigenvalue weighted by Crippen LogP contribution is -2.29. The average molecular weight is 749 g/mol. The first-order chi connectivity index (χ1) is 24.3. The van der Waals surface area contributed by atoms with Gasteiger partial charge in [-0.2, -0.15) is 0 Å². The minimum Gasteiger partial charge on any atom is -0.507 e. The van der Waals surface area contributed by atoms with Crippen LogP contribution in [0.5, 0.6) is 17.2 Å². The number of amides is 1. The highest BCUT2D eigenvalue weighted by Crippen LogP contribution is 2.46. The Morgan fingerprint density at radius 1 is 0.880 bits per heavy atom. The number of hydrogen-bond donors (Lipinski definition) is 1. The van der Waals surface area contributed by atoms with Crippen molar-refractivity contribution in [3.8, 4) is 17.2 Å². The Balaban J connectivity index is 1.39. The van der Waals surface area contributed by atoms with Crippen molar-refractivity contribution in [2.75, 3.05) is 18.1 Å². The fraction of sp³-hybridized carbons (Fsp3) is 0.189. The van der Waals surface area contributed by atoms with Gasteiger partial charge in [0.25, 0.3) is 5.78 Å². The highest BCUT2D eigenvalue weighted by atomic mass is 35.5. The van der Waals surface area contributed by atoms with E-state index in [1.807, 2.05) is 50.2 Å². The van der Waals surface area contributed by atoms with Crippen LogP contribution in [0.1, 0.15) is 42.1 Å². The van der Waals surface area contributed by atoms with Gasteiger partial charge in [0.1, 0.15) is 18.1 Å². The number of Topliss-reactive ketones (excluding diaryl/α,β-unsaturated/α-hetero) is 1. The SMILES string of the molecule is CCOc1ccc(/C(O)=C2\C(=O)C(=O)N(c3nnc(SCc4ccc(Cl)cc4Cl)s3)C2c2ccc(OCc3ccccc3)c(OCC)c2)cc1.